The Balaban J connectivity index is 1.70. The first-order chi connectivity index (χ1) is 9.79. The molecule has 0 saturated carbocycles. The van der Waals surface area contributed by atoms with Crippen LogP contribution in [0, 0.1) is 0 Å². The number of hydrogen-bond acceptors (Lipinski definition) is 4. The van der Waals surface area contributed by atoms with Gasteiger partial charge in [0.05, 0.1) is 6.61 Å². The van der Waals surface area contributed by atoms with E-state index in [1.165, 1.54) is 5.56 Å². The molecule has 0 fully saturated rings. The van der Waals surface area contributed by atoms with E-state index in [0.29, 0.717) is 12.5 Å². The zero-order valence-corrected chi connectivity index (χ0v) is 11.6. The van der Waals surface area contributed by atoms with Crippen molar-refractivity contribution in [2.45, 2.75) is 24.8 Å². The van der Waals surface area contributed by atoms with E-state index < -0.39 is 0 Å². The summed E-state index contributed by atoms with van der Waals surface area (Å²) in [7, 11) is 2.02. The summed E-state index contributed by atoms with van der Waals surface area (Å²) in [5.41, 5.74) is 4.20. The Morgan fingerprint density at radius 1 is 1.50 bits per heavy atom. The van der Waals surface area contributed by atoms with Gasteiger partial charge in [0, 0.05) is 43.4 Å². The van der Waals surface area contributed by atoms with Gasteiger partial charge >= 0.3 is 0 Å². The van der Waals surface area contributed by atoms with Crippen LogP contribution in [0.2, 0.25) is 0 Å². The van der Waals surface area contributed by atoms with Crippen molar-refractivity contribution in [1.29, 1.82) is 0 Å². The van der Waals surface area contributed by atoms with Crippen molar-refractivity contribution in [3.8, 4) is 5.75 Å². The summed E-state index contributed by atoms with van der Waals surface area (Å²) in [6, 6.07) is 8.38. The van der Waals surface area contributed by atoms with Crippen LogP contribution in [0.5, 0.6) is 5.75 Å². The van der Waals surface area contributed by atoms with Gasteiger partial charge in [-0.25, -0.2) is 4.98 Å². The molecule has 1 aliphatic rings. The standard InChI is InChI=1S/C15H20N4O/c1-19-9-8-17-15(19)7-6-13(18-16)12-10-20-14-5-3-2-4-11(12)14/h2-5,8-9,12-13,18H,6-7,10,16H2,1H3. The average Bonchev–Trinajstić information content (AvgIpc) is 3.07. The molecule has 1 aromatic heterocycles. The summed E-state index contributed by atoms with van der Waals surface area (Å²) in [4.78, 5) is 4.36. The number of aryl methyl sites for hydroxylation is 2. The lowest BCUT2D eigenvalue weighted by Gasteiger charge is -2.21. The second kappa shape index (κ2) is 5.64. The number of nitrogens with zero attached hydrogens (tertiary/aromatic N) is 2. The third-order valence-corrected chi connectivity index (χ3v) is 4.04. The summed E-state index contributed by atoms with van der Waals surface area (Å²) in [6.45, 7) is 0.689. The van der Waals surface area contributed by atoms with Gasteiger partial charge in [0.25, 0.3) is 0 Å². The maximum Gasteiger partial charge on any atom is 0.122 e. The number of fused-ring (bicyclic) bond motifs is 1. The number of hydrogen-bond donors (Lipinski definition) is 2. The molecule has 3 rings (SSSR count). The molecule has 20 heavy (non-hydrogen) atoms. The quantitative estimate of drug-likeness (QED) is 0.637. The average molecular weight is 272 g/mol. The highest BCUT2D eigenvalue weighted by Gasteiger charge is 2.30. The third-order valence-electron chi connectivity index (χ3n) is 4.04. The molecular formula is C15H20N4O. The van der Waals surface area contributed by atoms with Gasteiger partial charge in [0.2, 0.25) is 0 Å². The molecule has 0 saturated heterocycles. The number of para-hydroxylation sites is 1. The molecule has 3 N–H and O–H groups in total. The number of rotatable bonds is 5. The van der Waals surface area contributed by atoms with Crippen molar-refractivity contribution >= 4 is 0 Å². The molecule has 106 valence electrons. The van der Waals surface area contributed by atoms with Crippen molar-refractivity contribution in [1.82, 2.24) is 15.0 Å². The maximum atomic E-state index is 5.75. The van der Waals surface area contributed by atoms with Crippen molar-refractivity contribution in [3.05, 3.63) is 48.0 Å². The van der Waals surface area contributed by atoms with Crippen LogP contribution < -0.4 is 16.0 Å². The number of ether oxygens (including phenoxy) is 1. The molecule has 1 aliphatic heterocycles. The highest BCUT2D eigenvalue weighted by molar-refractivity contribution is 5.40. The van der Waals surface area contributed by atoms with Gasteiger partial charge in [-0.3, -0.25) is 11.3 Å². The van der Waals surface area contributed by atoms with Gasteiger partial charge in [-0.2, -0.15) is 0 Å². The lowest BCUT2D eigenvalue weighted by molar-refractivity contribution is 0.292. The lowest BCUT2D eigenvalue weighted by atomic mass is 9.91. The van der Waals surface area contributed by atoms with E-state index in [-0.39, 0.29) is 6.04 Å². The van der Waals surface area contributed by atoms with Crippen LogP contribution in [-0.4, -0.2) is 22.2 Å². The van der Waals surface area contributed by atoms with Gasteiger partial charge in [0.1, 0.15) is 11.6 Å². The Labute approximate surface area is 118 Å². The Morgan fingerprint density at radius 2 is 2.35 bits per heavy atom. The second-order valence-electron chi connectivity index (χ2n) is 5.22. The summed E-state index contributed by atoms with van der Waals surface area (Å²) in [6.07, 6.45) is 5.63. The molecule has 5 nitrogen and oxygen atoms in total. The van der Waals surface area contributed by atoms with Crippen LogP contribution >= 0.6 is 0 Å². The molecule has 5 heteroatoms. The highest BCUT2D eigenvalue weighted by Crippen LogP contribution is 2.36. The first-order valence-corrected chi connectivity index (χ1v) is 6.93. The van der Waals surface area contributed by atoms with Crippen LogP contribution in [0.3, 0.4) is 0 Å². The lowest BCUT2D eigenvalue weighted by Crippen LogP contribution is -2.40. The zero-order chi connectivity index (χ0) is 13.9. The first-order valence-electron chi connectivity index (χ1n) is 6.93. The fourth-order valence-electron chi connectivity index (χ4n) is 2.84. The SMILES string of the molecule is Cn1ccnc1CCC(NN)C1COc2ccccc21. The normalized spacial score (nSPS) is 18.6. The van der Waals surface area contributed by atoms with Crippen molar-refractivity contribution < 1.29 is 4.74 Å². The van der Waals surface area contributed by atoms with Crippen LogP contribution in [0.15, 0.2) is 36.7 Å². The van der Waals surface area contributed by atoms with E-state index in [9.17, 15) is 0 Å². The first kappa shape index (κ1) is 13.1. The molecule has 0 spiro atoms. The fourth-order valence-corrected chi connectivity index (χ4v) is 2.84. The van der Waals surface area contributed by atoms with Gasteiger partial charge in [-0.1, -0.05) is 18.2 Å². The smallest absolute Gasteiger partial charge is 0.122 e. The Morgan fingerprint density at radius 3 is 3.10 bits per heavy atom. The number of nitrogens with one attached hydrogen (secondary N) is 1. The van der Waals surface area contributed by atoms with E-state index >= 15 is 0 Å². The molecule has 2 heterocycles. The molecule has 2 aromatic rings. The second-order valence-corrected chi connectivity index (χ2v) is 5.22. The Bertz CT molecular complexity index is 581. The molecule has 0 radical (unpaired) electrons. The van der Waals surface area contributed by atoms with Crippen LogP contribution in [0.1, 0.15) is 23.7 Å². The van der Waals surface area contributed by atoms with Crippen molar-refractivity contribution in [2.75, 3.05) is 6.61 Å². The summed E-state index contributed by atoms with van der Waals surface area (Å²) in [5.74, 6) is 8.12. The Kier molecular flexibility index (Phi) is 3.71. The maximum absolute atomic E-state index is 5.75. The topological polar surface area (TPSA) is 65.1 Å². The van der Waals surface area contributed by atoms with Crippen LogP contribution in [0.4, 0.5) is 0 Å². The highest BCUT2D eigenvalue weighted by atomic mass is 16.5. The minimum absolute atomic E-state index is 0.190. The molecule has 0 amide bonds. The molecule has 2 atom stereocenters. The largest absolute Gasteiger partial charge is 0.493 e. The van der Waals surface area contributed by atoms with E-state index in [0.717, 1.165) is 24.4 Å². The molecular weight excluding hydrogens is 252 g/mol. The molecule has 2 unspecified atom stereocenters. The van der Waals surface area contributed by atoms with Gasteiger partial charge in [0.15, 0.2) is 0 Å². The summed E-state index contributed by atoms with van der Waals surface area (Å²) >= 11 is 0. The summed E-state index contributed by atoms with van der Waals surface area (Å²) < 4.78 is 7.79. The number of nitrogens with two attached hydrogens (primary N) is 1. The van der Waals surface area contributed by atoms with Crippen LogP contribution in [0.25, 0.3) is 0 Å². The van der Waals surface area contributed by atoms with Gasteiger partial charge in [-0.15, -0.1) is 0 Å². The minimum Gasteiger partial charge on any atom is -0.493 e. The van der Waals surface area contributed by atoms with E-state index in [2.05, 4.69) is 16.5 Å². The Hall–Kier alpha value is -1.85. The van der Waals surface area contributed by atoms with E-state index in [1.807, 2.05) is 42.2 Å². The van der Waals surface area contributed by atoms with Gasteiger partial charge < -0.3 is 9.30 Å². The zero-order valence-electron chi connectivity index (χ0n) is 11.6. The molecule has 1 aromatic carbocycles. The van der Waals surface area contributed by atoms with E-state index in [1.54, 1.807) is 0 Å². The number of aromatic nitrogens is 2. The van der Waals surface area contributed by atoms with Crippen LogP contribution in [-0.2, 0) is 13.5 Å². The molecule has 0 aliphatic carbocycles. The minimum atomic E-state index is 0.190. The predicted molar refractivity (Wildman–Crippen MR) is 77.3 cm³/mol. The predicted octanol–water partition coefficient (Wildman–Crippen LogP) is 1.36. The number of benzene rings is 1. The molecule has 0 bridgehead atoms. The summed E-state index contributed by atoms with van der Waals surface area (Å²) in [5, 5.41) is 0. The monoisotopic (exact) mass is 272 g/mol. The van der Waals surface area contributed by atoms with Crippen molar-refractivity contribution in [3.63, 3.8) is 0 Å². The third kappa shape index (κ3) is 2.42. The number of hydrazine groups is 1. The van der Waals surface area contributed by atoms with Crippen molar-refractivity contribution in [2.24, 2.45) is 12.9 Å². The van der Waals surface area contributed by atoms with E-state index in [4.69, 9.17) is 10.6 Å². The fraction of sp³-hybridized carbons (Fsp3) is 0.400. The van der Waals surface area contributed by atoms with Gasteiger partial charge in [-0.05, 0) is 12.5 Å². The number of imidazole rings is 1.